The quantitative estimate of drug-likeness (QED) is 0.664. The van der Waals surface area contributed by atoms with Gasteiger partial charge in [-0.2, -0.15) is 5.10 Å². The van der Waals surface area contributed by atoms with Crippen LogP contribution < -0.4 is 10.1 Å². The third-order valence-electron chi connectivity index (χ3n) is 3.74. The molecule has 0 aliphatic carbocycles. The molecule has 1 aromatic heterocycles. The Bertz CT molecular complexity index is 874. The number of ether oxygens (including phenoxy) is 2. The summed E-state index contributed by atoms with van der Waals surface area (Å²) in [5, 5.41) is 6.53. The molecule has 1 aromatic carbocycles. The van der Waals surface area contributed by atoms with E-state index >= 15 is 0 Å². The number of hydrogen-bond donors (Lipinski definition) is 1. The smallest absolute Gasteiger partial charge is 0.407 e. The molecular formula is C20H25F3N4O3. The summed E-state index contributed by atoms with van der Waals surface area (Å²) in [4.78, 5) is 15.5. The minimum absolute atomic E-state index is 0.0712. The lowest BCUT2D eigenvalue weighted by Crippen LogP contribution is -2.34. The van der Waals surface area contributed by atoms with E-state index in [1.807, 2.05) is 0 Å². The van der Waals surface area contributed by atoms with Gasteiger partial charge in [0.05, 0.1) is 6.33 Å². The van der Waals surface area contributed by atoms with Gasteiger partial charge in [0.15, 0.2) is 11.6 Å². The molecule has 30 heavy (non-hydrogen) atoms. The fourth-order valence-electron chi connectivity index (χ4n) is 2.37. The molecule has 1 amide bonds. The standard InChI is InChI=1S/C20H25F3N4O3/c1-5-27-18(16(22)23)25-17(26-27)14-6-8-15(9-7-14)29-12-13(10-21)11-24-19(28)30-20(2,3)4/h6-10,16H,5,11-12H2,1-4H3,(H,24,28)/b13-10+. The molecule has 0 aliphatic heterocycles. The minimum atomic E-state index is -2.71. The van der Waals surface area contributed by atoms with Crippen molar-refractivity contribution in [1.29, 1.82) is 0 Å². The molecule has 0 saturated carbocycles. The lowest BCUT2D eigenvalue weighted by molar-refractivity contribution is 0.0531. The zero-order valence-corrected chi connectivity index (χ0v) is 17.3. The molecule has 0 spiro atoms. The predicted molar refractivity (Wildman–Crippen MR) is 105 cm³/mol. The Balaban J connectivity index is 1.93. The molecular weight excluding hydrogens is 401 g/mol. The van der Waals surface area contributed by atoms with Gasteiger partial charge in [-0.25, -0.2) is 27.6 Å². The molecule has 0 radical (unpaired) electrons. The van der Waals surface area contributed by atoms with Crippen LogP contribution >= 0.6 is 0 Å². The number of carbonyl (C=O) groups is 1. The summed E-state index contributed by atoms with van der Waals surface area (Å²) in [5.41, 5.74) is 0.0963. The SMILES string of the molecule is CCn1nc(-c2ccc(OC/C(=C/F)CNC(=O)OC(C)(C)C)cc2)nc1C(F)F. The average Bonchev–Trinajstić information content (AvgIpc) is 3.12. The van der Waals surface area contributed by atoms with E-state index in [1.165, 1.54) is 0 Å². The Morgan fingerprint density at radius 3 is 2.43 bits per heavy atom. The van der Waals surface area contributed by atoms with E-state index in [0.29, 0.717) is 17.6 Å². The maximum atomic E-state index is 13.1. The second-order valence-electron chi connectivity index (χ2n) is 7.35. The lowest BCUT2D eigenvalue weighted by atomic mass is 10.2. The van der Waals surface area contributed by atoms with Gasteiger partial charge in [-0.05, 0) is 52.0 Å². The Hall–Kier alpha value is -3.04. The van der Waals surface area contributed by atoms with E-state index in [9.17, 15) is 18.0 Å². The van der Waals surface area contributed by atoms with Crippen molar-refractivity contribution in [3.05, 3.63) is 42.0 Å². The zero-order valence-electron chi connectivity index (χ0n) is 17.3. The number of amides is 1. The van der Waals surface area contributed by atoms with Crippen molar-refractivity contribution >= 4 is 6.09 Å². The Morgan fingerprint density at radius 2 is 1.93 bits per heavy atom. The summed E-state index contributed by atoms with van der Waals surface area (Å²) in [6, 6.07) is 6.44. The fourth-order valence-corrected chi connectivity index (χ4v) is 2.37. The summed E-state index contributed by atoms with van der Waals surface area (Å²) in [6.07, 6.45) is -3.01. The molecule has 164 valence electrons. The average molecular weight is 426 g/mol. The van der Waals surface area contributed by atoms with E-state index < -0.39 is 18.1 Å². The molecule has 1 heterocycles. The van der Waals surface area contributed by atoms with Gasteiger partial charge in [0.1, 0.15) is 18.0 Å². The highest BCUT2D eigenvalue weighted by molar-refractivity contribution is 5.68. The predicted octanol–water partition coefficient (Wildman–Crippen LogP) is 4.66. The molecule has 1 N–H and O–H groups in total. The molecule has 0 atom stereocenters. The number of aromatic nitrogens is 3. The summed E-state index contributed by atoms with van der Waals surface area (Å²) >= 11 is 0. The maximum absolute atomic E-state index is 13.1. The van der Waals surface area contributed by atoms with Crippen molar-refractivity contribution in [3.8, 4) is 17.1 Å². The van der Waals surface area contributed by atoms with E-state index in [4.69, 9.17) is 9.47 Å². The first kappa shape index (κ1) is 23.2. The largest absolute Gasteiger partial charge is 0.489 e. The number of nitrogens with zero attached hydrogens (tertiary/aromatic N) is 3. The second-order valence-corrected chi connectivity index (χ2v) is 7.35. The molecule has 0 unspecified atom stereocenters. The maximum Gasteiger partial charge on any atom is 0.407 e. The van der Waals surface area contributed by atoms with Gasteiger partial charge in [0.25, 0.3) is 6.43 Å². The van der Waals surface area contributed by atoms with Gasteiger partial charge in [0.2, 0.25) is 0 Å². The van der Waals surface area contributed by atoms with Gasteiger partial charge < -0.3 is 14.8 Å². The number of nitrogens with one attached hydrogen (secondary N) is 1. The topological polar surface area (TPSA) is 78.3 Å². The van der Waals surface area contributed by atoms with Crippen molar-refractivity contribution in [1.82, 2.24) is 20.1 Å². The van der Waals surface area contributed by atoms with Crippen molar-refractivity contribution in [2.75, 3.05) is 13.2 Å². The number of alkyl halides is 2. The minimum Gasteiger partial charge on any atom is -0.489 e. The van der Waals surface area contributed by atoms with Crippen LogP contribution in [0.5, 0.6) is 5.75 Å². The number of hydrogen-bond acceptors (Lipinski definition) is 5. The molecule has 7 nitrogen and oxygen atoms in total. The van der Waals surface area contributed by atoms with Gasteiger partial charge in [-0.1, -0.05) is 0 Å². The van der Waals surface area contributed by atoms with Gasteiger partial charge in [-0.15, -0.1) is 0 Å². The molecule has 0 fully saturated rings. The highest BCUT2D eigenvalue weighted by atomic mass is 19.3. The summed E-state index contributed by atoms with van der Waals surface area (Å²) in [7, 11) is 0. The molecule has 0 aliphatic rings. The number of rotatable bonds is 8. The summed E-state index contributed by atoms with van der Waals surface area (Å²) < 4.78 is 50.8. The van der Waals surface area contributed by atoms with Gasteiger partial charge in [-0.3, -0.25) is 0 Å². The van der Waals surface area contributed by atoms with Crippen LogP contribution in [-0.2, 0) is 11.3 Å². The molecule has 0 bridgehead atoms. The Kier molecular flexibility index (Phi) is 7.85. The molecule has 0 saturated heterocycles. The van der Waals surface area contributed by atoms with Gasteiger partial charge in [0, 0.05) is 24.2 Å². The number of carbonyl (C=O) groups excluding carboxylic acids is 1. The van der Waals surface area contributed by atoms with E-state index in [2.05, 4.69) is 15.4 Å². The highest BCUT2D eigenvalue weighted by Gasteiger charge is 2.19. The summed E-state index contributed by atoms with van der Waals surface area (Å²) in [5.74, 6) is 0.229. The number of alkyl carbamates (subject to hydrolysis) is 1. The van der Waals surface area contributed by atoms with Crippen molar-refractivity contribution in [2.24, 2.45) is 0 Å². The first-order valence-corrected chi connectivity index (χ1v) is 9.34. The van der Waals surface area contributed by atoms with Crippen LogP contribution in [0, 0.1) is 0 Å². The third kappa shape index (κ3) is 6.78. The monoisotopic (exact) mass is 426 g/mol. The molecule has 10 heteroatoms. The van der Waals surface area contributed by atoms with Crippen LogP contribution in [0.2, 0.25) is 0 Å². The van der Waals surface area contributed by atoms with E-state index in [-0.39, 0.29) is 36.9 Å². The number of benzene rings is 1. The molecule has 2 aromatic rings. The zero-order chi connectivity index (χ0) is 22.3. The van der Waals surface area contributed by atoms with Crippen LogP contribution in [0.25, 0.3) is 11.4 Å². The van der Waals surface area contributed by atoms with E-state index in [0.717, 1.165) is 4.68 Å². The van der Waals surface area contributed by atoms with Gasteiger partial charge >= 0.3 is 6.09 Å². The number of aryl methyl sites for hydroxylation is 1. The fraction of sp³-hybridized carbons (Fsp3) is 0.450. The lowest BCUT2D eigenvalue weighted by Gasteiger charge is -2.20. The third-order valence-corrected chi connectivity index (χ3v) is 3.74. The van der Waals surface area contributed by atoms with Crippen LogP contribution in [0.1, 0.15) is 39.9 Å². The second kappa shape index (κ2) is 10.1. The summed E-state index contributed by atoms with van der Waals surface area (Å²) in [6.45, 7) is 6.99. The Morgan fingerprint density at radius 1 is 1.27 bits per heavy atom. The number of halogens is 3. The van der Waals surface area contributed by atoms with Crippen molar-refractivity contribution < 1.29 is 27.4 Å². The first-order valence-electron chi connectivity index (χ1n) is 9.34. The normalized spacial score (nSPS) is 12.2. The van der Waals surface area contributed by atoms with Crippen LogP contribution in [0.4, 0.5) is 18.0 Å². The molecule has 2 rings (SSSR count). The Labute approximate surface area is 172 Å². The van der Waals surface area contributed by atoms with Crippen LogP contribution in [0.15, 0.2) is 36.2 Å². The van der Waals surface area contributed by atoms with E-state index in [1.54, 1.807) is 52.0 Å². The first-order chi connectivity index (χ1) is 14.1. The highest BCUT2D eigenvalue weighted by Crippen LogP contribution is 2.24. The van der Waals surface area contributed by atoms with Crippen LogP contribution in [0.3, 0.4) is 0 Å². The van der Waals surface area contributed by atoms with Crippen molar-refractivity contribution in [2.45, 2.75) is 46.3 Å². The van der Waals surface area contributed by atoms with Crippen LogP contribution in [-0.4, -0.2) is 39.6 Å². The van der Waals surface area contributed by atoms with Crippen molar-refractivity contribution in [3.63, 3.8) is 0 Å².